The van der Waals surface area contributed by atoms with E-state index in [-0.39, 0.29) is 0 Å². The van der Waals surface area contributed by atoms with Crippen molar-refractivity contribution in [3.05, 3.63) is 57.8 Å². The van der Waals surface area contributed by atoms with Crippen LogP contribution in [0.4, 0.5) is 0 Å². The lowest BCUT2D eigenvalue weighted by atomic mass is 9.97. The molecular weight excluding hydrogens is 257 g/mol. The number of aromatic nitrogens is 2. The lowest BCUT2D eigenvalue weighted by Gasteiger charge is -2.08. The van der Waals surface area contributed by atoms with Gasteiger partial charge in [-0.25, -0.2) is 0 Å². The normalized spacial score (nSPS) is 11.8. The SMILES string of the molecule is N#C[C@H](c1ccc(Cl)cc1)c1ccc(Cl)nn1. The largest absolute Gasteiger partial charge is 0.197 e. The van der Waals surface area contributed by atoms with Gasteiger partial charge in [0.2, 0.25) is 0 Å². The van der Waals surface area contributed by atoms with Crippen molar-refractivity contribution in [2.45, 2.75) is 5.92 Å². The van der Waals surface area contributed by atoms with Crippen LogP contribution in [0.25, 0.3) is 0 Å². The molecule has 0 bridgehead atoms. The Hall–Kier alpha value is -1.63. The van der Waals surface area contributed by atoms with Crippen molar-refractivity contribution in [2.75, 3.05) is 0 Å². The standard InChI is InChI=1S/C12H7Cl2N3/c13-9-3-1-8(2-4-9)10(7-15)11-5-6-12(14)17-16-11/h1-6,10H/t10-/m1/s1. The summed E-state index contributed by atoms with van der Waals surface area (Å²) in [5.41, 5.74) is 1.40. The Morgan fingerprint density at radius 2 is 1.71 bits per heavy atom. The lowest BCUT2D eigenvalue weighted by Crippen LogP contribution is -2.02. The summed E-state index contributed by atoms with van der Waals surface area (Å²) in [4.78, 5) is 0. The second-order valence-electron chi connectivity index (χ2n) is 3.39. The van der Waals surface area contributed by atoms with Gasteiger partial charge in [-0.05, 0) is 29.8 Å². The number of hydrogen-bond donors (Lipinski definition) is 0. The van der Waals surface area contributed by atoms with Crippen molar-refractivity contribution in [2.24, 2.45) is 0 Å². The van der Waals surface area contributed by atoms with E-state index in [4.69, 9.17) is 23.2 Å². The minimum absolute atomic E-state index is 0.307. The Balaban J connectivity index is 2.37. The highest BCUT2D eigenvalue weighted by Gasteiger charge is 2.15. The van der Waals surface area contributed by atoms with Gasteiger partial charge in [-0.1, -0.05) is 35.3 Å². The molecule has 0 spiro atoms. The Morgan fingerprint density at radius 1 is 1.00 bits per heavy atom. The van der Waals surface area contributed by atoms with Gasteiger partial charge in [-0.2, -0.15) is 10.4 Å². The Labute approximate surface area is 109 Å². The lowest BCUT2D eigenvalue weighted by molar-refractivity contribution is 0.885. The predicted molar refractivity (Wildman–Crippen MR) is 66.0 cm³/mol. The first-order valence-electron chi connectivity index (χ1n) is 4.85. The fourth-order valence-corrected chi connectivity index (χ4v) is 1.67. The second-order valence-corrected chi connectivity index (χ2v) is 4.22. The van der Waals surface area contributed by atoms with Gasteiger partial charge in [0.25, 0.3) is 0 Å². The van der Waals surface area contributed by atoms with E-state index in [0.717, 1.165) is 5.56 Å². The van der Waals surface area contributed by atoms with Gasteiger partial charge in [0, 0.05) is 5.02 Å². The van der Waals surface area contributed by atoms with E-state index >= 15 is 0 Å². The summed E-state index contributed by atoms with van der Waals surface area (Å²) in [6.07, 6.45) is 0. The maximum absolute atomic E-state index is 9.19. The van der Waals surface area contributed by atoms with Crippen molar-refractivity contribution in [3.8, 4) is 6.07 Å². The van der Waals surface area contributed by atoms with Crippen LogP contribution < -0.4 is 0 Å². The summed E-state index contributed by atoms with van der Waals surface area (Å²) in [5, 5.41) is 17.8. The van der Waals surface area contributed by atoms with Crippen LogP contribution in [0.2, 0.25) is 10.2 Å². The first-order valence-corrected chi connectivity index (χ1v) is 5.60. The quantitative estimate of drug-likeness (QED) is 0.834. The minimum Gasteiger partial charge on any atom is -0.197 e. The third kappa shape index (κ3) is 2.73. The van der Waals surface area contributed by atoms with Crippen LogP contribution >= 0.6 is 23.2 Å². The molecule has 84 valence electrons. The summed E-state index contributed by atoms with van der Waals surface area (Å²) < 4.78 is 0. The fourth-order valence-electron chi connectivity index (χ4n) is 1.45. The van der Waals surface area contributed by atoms with Gasteiger partial charge in [-0.15, -0.1) is 5.10 Å². The number of nitriles is 1. The van der Waals surface area contributed by atoms with Crippen LogP contribution in [0.1, 0.15) is 17.2 Å². The first kappa shape index (κ1) is 11.8. The molecule has 1 aromatic heterocycles. The maximum atomic E-state index is 9.19. The molecule has 5 heteroatoms. The minimum atomic E-state index is -0.461. The molecule has 3 nitrogen and oxygen atoms in total. The second kappa shape index (κ2) is 5.13. The summed E-state index contributed by atoms with van der Waals surface area (Å²) in [6, 6.07) is 12.6. The van der Waals surface area contributed by atoms with E-state index in [1.807, 2.05) is 0 Å². The predicted octanol–water partition coefficient (Wildman–Crippen LogP) is 3.44. The summed E-state index contributed by atoms with van der Waals surface area (Å²) >= 11 is 11.5. The van der Waals surface area contributed by atoms with Crippen LogP contribution in [0.15, 0.2) is 36.4 Å². The molecule has 1 aromatic carbocycles. The van der Waals surface area contributed by atoms with Crippen LogP contribution in [0, 0.1) is 11.3 Å². The van der Waals surface area contributed by atoms with Gasteiger partial charge < -0.3 is 0 Å². The van der Waals surface area contributed by atoms with Crippen LogP contribution in [-0.2, 0) is 0 Å². The van der Waals surface area contributed by atoms with Gasteiger partial charge >= 0.3 is 0 Å². The molecule has 0 saturated carbocycles. The molecule has 0 aliphatic heterocycles. The Bertz CT molecular complexity index is 498. The topological polar surface area (TPSA) is 49.6 Å². The zero-order valence-electron chi connectivity index (χ0n) is 8.64. The van der Waals surface area contributed by atoms with Crippen LogP contribution in [0.5, 0.6) is 0 Å². The van der Waals surface area contributed by atoms with Gasteiger partial charge in [0.15, 0.2) is 5.15 Å². The van der Waals surface area contributed by atoms with Gasteiger partial charge in [-0.3, -0.25) is 0 Å². The number of rotatable bonds is 2. The molecule has 2 aromatic rings. The summed E-state index contributed by atoms with van der Waals surface area (Å²) in [5.74, 6) is -0.461. The van der Waals surface area contributed by atoms with Crippen molar-refractivity contribution in [1.82, 2.24) is 10.2 Å². The number of halogens is 2. The number of hydrogen-bond acceptors (Lipinski definition) is 3. The highest BCUT2D eigenvalue weighted by molar-refractivity contribution is 6.30. The summed E-state index contributed by atoms with van der Waals surface area (Å²) in [7, 11) is 0. The molecule has 0 aliphatic carbocycles. The molecule has 17 heavy (non-hydrogen) atoms. The van der Waals surface area contributed by atoms with Crippen molar-refractivity contribution >= 4 is 23.2 Å². The molecule has 0 N–H and O–H groups in total. The van der Waals surface area contributed by atoms with Crippen molar-refractivity contribution in [1.29, 1.82) is 5.26 Å². The molecule has 0 amide bonds. The highest BCUT2D eigenvalue weighted by Crippen LogP contribution is 2.23. The zero-order valence-corrected chi connectivity index (χ0v) is 10.2. The summed E-state index contributed by atoms with van der Waals surface area (Å²) in [6.45, 7) is 0. The van der Waals surface area contributed by atoms with E-state index in [0.29, 0.717) is 15.9 Å². The molecule has 1 atom stereocenters. The average molecular weight is 264 g/mol. The highest BCUT2D eigenvalue weighted by atomic mass is 35.5. The molecule has 1 heterocycles. The Morgan fingerprint density at radius 3 is 2.24 bits per heavy atom. The van der Waals surface area contributed by atoms with Crippen molar-refractivity contribution < 1.29 is 0 Å². The molecular formula is C12H7Cl2N3. The molecule has 0 fully saturated rings. The van der Waals surface area contributed by atoms with E-state index < -0.39 is 5.92 Å². The Kier molecular flexibility index (Phi) is 3.58. The molecule has 2 rings (SSSR count). The maximum Gasteiger partial charge on any atom is 0.151 e. The molecule has 0 saturated heterocycles. The monoisotopic (exact) mass is 263 g/mol. The van der Waals surface area contributed by atoms with Crippen LogP contribution in [-0.4, -0.2) is 10.2 Å². The van der Waals surface area contributed by atoms with Crippen molar-refractivity contribution in [3.63, 3.8) is 0 Å². The smallest absolute Gasteiger partial charge is 0.151 e. The first-order chi connectivity index (χ1) is 8.20. The van der Waals surface area contributed by atoms with E-state index in [1.54, 1.807) is 36.4 Å². The number of benzene rings is 1. The van der Waals surface area contributed by atoms with E-state index in [9.17, 15) is 5.26 Å². The third-order valence-electron chi connectivity index (χ3n) is 2.28. The van der Waals surface area contributed by atoms with Gasteiger partial charge in [0.1, 0.15) is 5.92 Å². The molecule has 0 unspecified atom stereocenters. The van der Waals surface area contributed by atoms with E-state index in [2.05, 4.69) is 16.3 Å². The fraction of sp³-hybridized carbons (Fsp3) is 0.0833. The molecule has 0 aliphatic rings. The average Bonchev–Trinajstić information content (AvgIpc) is 2.35. The van der Waals surface area contributed by atoms with Gasteiger partial charge in [0.05, 0.1) is 11.8 Å². The third-order valence-corrected chi connectivity index (χ3v) is 2.73. The van der Waals surface area contributed by atoms with Crippen LogP contribution in [0.3, 0.4) is 0 Å². The number of nitrogens with zero attached hydrogens (tertiary/aromatic N) is 3. The van der Waals surface area contributed by atoms with E-state index in [1.165, 1.54) is 0 Å². The zero-order chi connectivity index (χ0) is 12.3. The molecule has 0 radical (unpaired) electrons.